The van der Waals surface area contributed by atoms with Gasteiger partial charge in [0.2, 0.25) is 10.0 Å². The molecule has 0 aliphatic carbocycles. The molecule has 19 heavy (non-hydrogen) atoms. The van der Waals surface area contributed by atoms with Gasteiger partial charge in [0.05, 0.1) is 11.0 Å². The zero-order valence-corrected chi connectivity index (χ0v) is 12.3. The number of hydrogen-bond donors (Lipinski definition) is 1. The molecule has 106 valence electrons. The summed E-state index contributed by atoms with van der Waals surface area (Å²) in [5.41, 5.74) is 0.679. The lowest BCUT2D eigenvalue weighted by Gasteiger charge is -2.25. The van der Waals surface area contributed by atoms with E-state index >= 15 is 0 Å². The van der Waals surface area contributed by atoms with E-state index < -0.39 is 26.9 Å². The molecule has 0 radical (unpaired) electrons. The standard InChI is InChI=1S/C12H17NO4S2/c1-10(14)11-2-4-12(5-3-11)19(16,17)13-6-8-18(15)9-7-13/h2-5,10,14H,6-9H2,1H3. The molecule has 0 amide bonds. The molecule has 7 heteroatoms. The summed E-state index contributed by atoms with van der Waals surface area (Å²) in [4.78, 5) is 0.213. The van der Waals surface area contributed by atoms with E-state index in [-0.39, 0.29) is 4.90 Å². The SMILES string of the molecule is CC(O)c1ccc(S(=O)(=O)N2CCS(=O)CC2)cc1. The van der Waals surface area contributed by atoms with Crippen LogP contribution in [0.4, 0.5) is 0 Å². The van der Waals surface area contributed by atoms with E-state index in [4.69, 9.17) is 0 Å². The highest BCUT2D eigenvalue weighted by Crippen LogP contribution is 2.20. The molecule has 1 N–H and O–H groups in total. The first-order valence-corrected chi connectivity index (χ1v) is 8.97. The molecule has 1 saturated heterocycles. The first-order chi connectivity index (χ1) is 8.91. The Hall–Kier alpha value is -0.760. The van der Waals surface area contributed by atoms with Gasteiger partial charge in [0, 0.05) is 35.4 Å². The van der Waals surface area contributed by atoms with Gasteiger partial charge in [-0.3, -0.25) is 4.21 Å². The van der Waals surface area contributed by atoms with Crippen LogP contribution < -0.4 is 0 Å². The van der Waals surface area contributed by atoms with Crippen LogP contribution in [0.5, 0.6) is 0 Å². The van der Waals surface area contributed by atoms with Crippen molar-refractivity contribution in [2.24, 2.45) is 0 Å². The van der Waals surface area contributed by atoms with Crippen molar-refractivity contribution in [1.29, 1.82) is 0 Å². The van der Waals surface area contributed by atoms with Crippen LogP contribution in [0.1, 0.15) is 18.6 Å². The highest BCUT2D eigenvalue weighted by Gasteiger charge is 2.27. The van der Waals surface area contributed by atoms with E-state index in [1.165, 1.54) is 16.4 Å². The lowest BCUT2D eigenvalue weighted by molar-refractivity contribution is 0.199. The molecule has 1 atom stereocenters. The number of hydrogen-bond acceptors (Lipinski definition) is 4. The molecule has 1 aromatic carbocycles. The second-order valence-corrected chi connectivity index (χ2v) is 8.13. The van der Waals surface area contributed by atoms with Gasteiger partial charge in [-0.2, -0.15) is 4.31 Å². The highest BCUT2D eigenvalue weighted by atomic mass is 32.2. The van der Waals surface area contributed by atoms with Crippen LogP contribution in [0, 0.1) is 0 Å². The average molecular weight is 303 g/mol. The molecule has 1 aliphatic heterocycles. The lowest BCUT2D eigenvalue weighted by atomic mass is 10.1. The van der Waals surface area contributed by atoms with Crippen LogP contribution in [-0.2, 0) is 20.8 Å². The van der Waals surface area contributed by atoms with Crippen molar-refractivity contribution in [2.45, 2.75) is 17.9 Å². The summed E-state index contributed by atoms with van der Waals surface area (Å²) in [6, 6.07) is 6.23. The number of benzene rings is 1. The van der Waals surface area contributed by atoms with Crippen molar-refractivity contribution in [3.63, 3.8) is 0 Å². The van der Waals surface area contributed by atoms with Crippen LogP contribution in [0.2, 0.25) is 0 Å². The van der Waals surface area contributed by atoms with E-state index in [2.05, 4.69) is 0 Å². The summed E-state index contributed by atoms with van der Waals surface area (Å²) >= 11 is 0. The van der Waals surface area contributed by atoms with E-state index in [1.807, 2.05) is 0 Å². The molecular weight excluding hydrogens is 286 g/mol. The van der Waals surface area contributed by atoms with Crippen LogP contribution in [-0.4, -0.2) is 46.6 Å². The number of sulfonamides is 1. The van der Waals surface area contributed by atoms with Crippen LogP contribution in [0.3, 0.4) is 0 Å². The van der Waals surface area contributed by atoms with Crippen molar-refractivity contribution >= 4 is 20.8 Å². The zero-order chi connectivity index (χ0) is 14.0. The fourth-order valence-corrected chi connectivity index (χ4v) is 4.65. The summed E-state index contributed by atoms with van der Waals surface area (Å²) < 4.78 is 37.3. The summed E-state index contributed by atoms with van der Waals surface area (Å²) in [6.45, 7) is 2.23. The number of rotatable bonds is 3. The van der Waals surface area contributed by atoms with Crippen molar-refractivity contribution in [3.05, 3.63) is 29.8 Å². The molecule has 0 bridgehead atoms. The lowest BCUT2D eigenvalue weighted by Crippen LogP contribution is -2.41. The van der Waals surface area contributed by atoms with Gasteiger partial charge in [-0.05, 0) is 24.6 Å². The molecular formula is C12H17NO4S2. The minimum atomic E-state index is -3.51. The van der Waals surface area contributed by atoms with Gasteiger partial charge < -0.3 is 5.11 Å². The molecule has 2 rings (SSSR count). The average Bonchev–Trinajstić information content (AvgIpc) is 2.39. The van der Waals surface area contributed by atoms with Gasteiger partial charge in [-0.1, -0.05) is 12.1 Å². The summed E-state index contributed by atoms with van der Waals surface area (Å²) in [5.74, 6) is 0.788. The summed E-state index contributed by atoms with van der Waals surface area (Å²) in [7, 11) is -4.41. The third-order valence-corrected chi connectivity index (χ3v) is 6.33. The third kappa shape index (κ3) is 3.22. The Kier molecular flexibility index (Phi) is 4.39. The van der Waals surface area contributed by atoms with Crippen molar-refractivity contribution in [1.82, 2.24) is 4.31 Å². The predicted molar refractivity (Wildman–Crippen MR) is 73.7 cm³/mol. The Morgan fingerprint density at radius 3 is 2.21 bits per heavy atom. The third-order valence-electron chi connectivity index (χ3n) is 3.14. The molecule has 0 aromatic heterocycles. The van der Waals surface area contributed by atoms with Gasteiger partial charge in [0.25, 0.3) is 0 Å². The number of aliphatic hydroxyl groups is 1. The maximum atomic E-state index is 12.3. The smallest absolute Gasteiger partial charge is 0.243 e. The number of nitrogens with zero attached hydrogens (tertiary/aromatic N) is 1. The van der Waals surface area contributed by atoms with Crippen molar-refractivity contribution < 1.29 is 17.7 Å². The Balaban J connectivity index is 2.22. The second kappa shape index (κ2) is 5.70. The largest absolute Gasteiger partial charge is 0.389 e. The first kappa shape index (κ1) is 14.6. The minimum absolute atomic E-state index is 0.213. The minimum Gasteiger partial charge on any atom is -0.389 e. The van der Waals surface area contributed by atoms with Crippen molar-refractivity contribution in [2.75, 3.05) is 24.6 Å². The summed E-state index contributed by atoms with van der Waals surface area (Å²) in [5, 5.41) is 9.40. The van der Waals surface area contributed by atoms with Gasteiger partial charge in [0.1, 0.15) is 0 Å². The second-order valence-electron chi connectivity index (χ2n) is 4.50. The summed E-state index contributed by atoms with van der Waals surface area (Å²) in [6.07, 6.45) is -0.617. The van der Waals surface area contributed by atoms with Gasteiger partial charge in [-0.15, -0.1) is 0 Å². The molecule has 5 nitrogen and oxygen atoms in total. The number of aliphatic hydroxyl groups excluding tert-OH is 1. The fourth-order valence-electron chi connectivity index (χ4n) is 1.93. The maximum Gasteiger partial charge on any atom is 0.243 e. The molecule has 1 aliphatic rings. The fraction of sp³-hybridized carbons (Fsp3) is 0.500. The van der Waals surface area contributed by atoms with E-state index in [0.29, 0.717) is 30.2 Å². The van der Waals surface area contributed by atoms with E-state index in [1.54, 1.807) is 19.1 Å². The van der Waals surface area contributed by atoms with E-state index in [9.17, 15) is 17.7 Å². The Bertz CT molecular complexity index is 556. The monoisotopic (exact) mass is 303 g/mol. The maximum absolute atomic E-state index is 12.3. The van der Waals surface area contributed by atoms with Gasteiger partial charge in [-0.25, -0.2) is 8.42 Å². The van der Waals surface area contributed by atoms with Crippen LogP contribution in [0.15, 0.2) is 29.2 Å². The van der Waals surface area contributed by atoms with Gasteiger partial charge >= 0.3 is 0 Å². The van der Waals surface area contributed by atoms with Crippen LogP contribution in [0.25, 0.3) is 0 Å². The molecule has 1 aromatic rings. The Morgan fingerprint density at radius 2 is 1.74 bits per heavy atom. The van der Waals surface area contributed by atoms with Gasteiger partial charge in [0.15, 0.2) is 0 Å². The Morgan fingerprint density at radius 1 is 1.21 bits per heavy atom. The molecule has 1 heterocycles. The topological polar surface area (TPSA) is 74.7 Å². The molecule has 0 saturated carbocycles. The predicted octanol–water partition coefficient (Wildman–Crippen LogP) is 0.493. The molecule has 0 spiro atoms. The van der Waals surface area contributed by atoms with Crippen LogP contribution >= 0.6 is 0 Å². The normalized spacial score (nSPS) is 20.3. The zero-order valence-electron chi connectivity index (χ0n) is 10.7. The first-order valence-electron chi connectivity index (χ1n) is 6.04. The highest BCUT2D eigenvalue weighted by molar-refractivity contribution is 7.89. The Labute approximate surface area is 115 Å². The van der Waals surface area contributed by atoms with Crippen molar-refractivity contribution in [3.8, 4) is 0 Å². The quantitative estimate of drug-likeness (QED) is 0.882. The van der Waals surface area contributed by atoms with E-state index in [0.717, 1.165) is 0 Å². The molecule has 1 fully saturated rings. The molecule has 1 unspecified atom stereocenters.